The van der Waals surface area contributed by atoms with Crippen LogP contribution in [0.5, 0.6) is 0 Å². The Morgan fingerprint density at radius 2 is 2.21 bits per heavy atom. The number of likely N-dealkylation sites (tertiary alicyclic amines) is 1. The predicted molar refractivity (Wildman–Crippen MR) is 82.8 cm³/mol. The number of carboxylic acid groups (broad SMARTS) is 1. The molecule has 0 saturated carbocycles. The number of aromatic nitrogens is 3. The normalized spacial score (nSPS) is 17.7. The van der Waals surface area contributed by atoms with Crippen molar-refractivity contribution in [3.63, 3.8) is 0 Å². The van der Waals surface area contributed by atoms with Gasteiger partial charge in [-0.2, -0.15) is 4.98 Å². The lowest BCUT2D eigenvalue weighted by atomic mass is 10.0. The first-order chi connectivity index (χ1) is 11.6. The number of piperidine rings is 1. The van der Waals surface area contributed by atoms with Crippen LogP contribution in [0.3, 0.4) is 0 Å². The average Bonchev–Trinajstić information content (AvgIpc) is 3.09. The first-order valence-electron chi connectivity index (χ1n) is 7.91. The summed E-state index contributed by atoms with van der Waals surface area (Å²) in [6.45, 7) is 0.485. The minimum absolute atomic E-state index is 0.146. The van der Waals surface area contributed by atoms with E-state index < -0.39 is 12.0 Å². The molecular weight excluding hydrogens is 312 g/mol. The highest BCUT2D eigenvalue weighted by Gasteiger charge is 2.31. The fourth-order valence-corrected chi connectivity index (χ4v) is 2.80. The van der Waals surface area contributed by atoms with E-state index in [0.29, 0.717) is 30.4 Å². The Balaban J connectivity index is 1.60. The van der Waals surface area contributed by atoms with Crippen LogP contribution in [0.4, 0.5) is 0 Å². The van der Waals surface area contributed by atoms with E-state index in [1.165, 1.54) is 4.90 Å². The standard InChI is InChI=1S/C16H18N4O4/c21-14(20-10-4-2-6-12(20)16(22)23)8-7-13-18-15(19-24-13)11-5-1-3-9-17-11/h1,3,5,9,12H,2,4,6-8,10H2,(H,22,23)/t12-/m1/s1. The summed E-state index contributed by atoms with van der Waals surface area (Å²) in [5.74, 6) is -0.426. The van der Waals surface area contributed by atoms with Gasteiger partial charge in [0.2, 0.25) is 17.6 Å². The third kappa shape index (κ3) is 3.58. The molecule has 3 rings (SSSR count). The molecule has 1 aliphatic rings. The van der Waals surface area contributed by atoms with Crippen molar-refractivity contribution < 1.29 is 19.2 Å². The van der Waals surface area contributed by atoms with E-state index in [4.69, 9.17) is 4.52 Å². The van der Waals surface area contributed by atoms with Gasteiger partial charge in [-0.15, -0.1) is 0 Å². The molecule has 0 bridgehead atoms. The summed E-state index contributed by atoms with van der Waals surface area (Å²) >= 11 is 0. The van der Waals surface area contributed by atoms with Gasteiger partial charge in [0.1, 0.15) is 11.7 Å². The Morgan fingerprint density at radius 3 is 2.96 bits per heavy atom. The number of carboxylic acids is 1. The molecule has 0 aliphatic carbocycles. The molecule has 126 valence electrons. The van der Waals surface area contributed by atoms with Gasteiger partial charge in [-0.1, -0.05) is 11.2 Å². The smallest absolute Gasteiger partial charge is 0.326 e. The fraction of sp³-hybridized carbons (Fsp3) is 0.438. The highest BCUT2D eigenvalue weighted by molar-refractivity contribution is 5.83. The topological polar surface area (TPSA) is 109 Å². The van der Waals surface area contributed by atoms with Gasteiger partial charge in [0.25, 0.3) is 0 Å². The molecule has 0 spiro atoms. The van der Waals surface area contributed by atoms with E-state index in [-0.39, 0.29) is 18.7 Å². The fourth-order valence-electron chi connectivity index (χ4n) is 2.80. The summed E-state index contributed by atoms with van der Waals surface area (Å²) in [6.07, 6.45) is 4.23. The summed E-state index contributed by atoms with van der Waals surface area (Å²) in [5, 5.41) is 13.1. The highest BCUT2D eigenvalue weighted by Crippen LogP contribution is 2.19. The minimum atomic E-state index is -0.946. The molecule has 3 heterocycles. The minimum Gasteiger partial charge on any atom is -0.480 e. The van der Waals surface area contributed by atoms with Crippen LogP contribution < -0.4 is 0 Å². The van der Waals surface area contributed by atoms with Gasteiger partial charge in [-0.3, -0.25) is 9.78 Å². The number of amides is 1. The Kier molecular flexibility index (Phi) is 4.83. The first-order valence-corrected chi connectivity index (χ1v) is 7.91. The molecule has 1 saturated heterocycles. The Hall–Kier alpha value is -2.77. The Morgan fingerprint density at radius 1 is 1.33 bits per heavy atom. The SMILES string of the molecule is O=C(O)[C@H]1CCCCN1C(=O)CCc1nc(-c2ccccn2)no1. The summed E-state index contributed by atoms with van der Waals surface area (Å²) in [5.41, 5.74) is 0.598. The van der Waals surface area contributed by atoms with Crippen LogP contribution in [0.2, 0.25) is 0 Å². The summed E-state index contributed by atoms with van der Waals surface area (Å²) < 4.78 is 5.14. The molecular formula is C16H18N4O4. The lowest BCUT2D eigenvalue weighted by Gasteiger charge is -2.32. The maximum Gasteiger partial charge on any atom is 0.326 e. The van der Waals surface area contributed by atoms with Crippen LogP contribution in [0.25, 0.3) is 11.5 Å². The van der Waals surface area contributed by atoms with Crippen molar-refractivity contribution in [1.82, 2.24) is 20.0 Å². The van der Waals surface area contributed by atoms with Gasteiger partial charge < -0.3 is 14.5 Å². The second-order valence-corrected chi connectivity index (χ2v) is 5.66. The van der Waals surface area contributed by atoms with Crippen molar-refractivity contribution in [2.24, 2.45) is 0 Å². The zero-order chi connectivity index (χ0) is 16.9. The molecule has 0 radical (unpaired) electrons. The maximum absolute atomic E-state index is 12.3. The van der Waals surface area contributed by atoms with Crippen LogP contribution in [-0.2, 0) is 16.0 Å². The van der Waals surface area contributed by atoms with E-state index in [9.17, 15) is 14.7 Å². The van der Waals surface area contributed by atoms with Gasteiger partial charge in [0, 0.05) is 25.6 Å². The molecule has 1 fully saturated rings. The maximum atomic E-state index is 12.3. The molecule has 1 aliphatic heterocycles. The van der Waals surface area contributed by atoms with Gasteiger partial charge >= 0.3 is 5.97 Å². The number of pyridine rings is 1. The molecule has 2 aromatic heterocycles. The van der Waals surface area contributed by atoms with Crippen molar-refractivity contribution in [2.75, 3.05) is 6.54 Å². The number of carbonyl (C=O) groups excluding carboxylic acids is 1. The molecule has 0 aromatic carbocycles. The average molecular weight is 330 g/mol. The largest absolute Gasteiger partial charge is 0.480 e. The van der Waals surface area contributed by atoms with Gasteiger partial charge in [0.15, 0.2) is 0 Å². The molecule has 8 nitrogen and oxygen atoms in total. The lowest BCUT2D eigenvalue weighted by molar-refractivity contribution is -0.152. The predicted octanol–water partition coefficient (Wildman–Crippen LogP) is 1.53. The highest BCUT2D eigenvalue weighted by atomic mass is 16.5. The number of hydrogen-bond acceptors (Lipinski definition) is 6. The van der Waals surface area contributed by atoms with Crippen molar-refractivity contribution in [3.8, 4) is 11.5 Å². The van der Waals surface area contributed by atoms with E-state index in [1.807, 2.05) is 6.07 Å². The second kappa shape index (κ2) is 7.20. The third-order valence-electron chi connectivity index (χ3n) is 4.02. The van der Waals surface area contributed by atoms with Crippen molar-refractivity contribution in [1.29, 1.82) is 0 Å². The van der Waals surface area contributed by atoms with Crippen molar-refractivity contribution in [3.05, 3.63) is 30.3 Å². The van der Waals surface area contributed by atoms with Crippen LogP contribution in [0.1, 0.15) is 31.6 Å². The monoisotopic (exact) mass is 330 g/mol. The lowest BCUT2D eigenvalue weighted by Crippen LogP contribution is -2.48. The number of rotatable bonds is 5. The molecule has 1 amide bonds. The van der Waals surface area contributed by atoms with Crippen LogP contribution in [0.15, 0.2) is 28.9 Å². The molecule has 1 atom stereocenters. The third-order valence-corrected chi connectivity index (χ3v) is 4.02. The molecule has 0 unspecified atom stereocenters. The van der Waals surface area contributed by atoms with E-state index in [1.54, 1.807) is 18.3 Å². The number of carbonyl (C=O) groups is 2. The molecule has 2 aromatic rings. The van der Waals surface area contributed by atoms with Crippen molar-refractivity contribution >= 4 is 11.9 Å². The van der Waals surface area contributed by atoms with E-state index in [2.05, 4.69) is 15.1 Å². The van der Waals surface area contributed by atoms with Crippen LogP contribution >= 0.6 is 0 Å². The molecule has 24 heavy (non-hydrogen) atoms. The number of aliphatic carboxylic acids is 1. The number of nitrogens with zero attached hydrogens (tertiary/aromatic N) is 4. The first kappa shape index (κ1) is 16.1. The zero-order valence-electron chi connectivity index (χ0n) is 13.1. The van der Waals surface area contributed by atoms with Crippen LogP contribution in [0, 0.1) is 0 Å². The summed E-state index contributed by atoms with van der Waals surface area (Å²) in [6, 6.07) is 4.66. The van der Waals surface area contributed by atoms with Crippen molar-refractivity contribution in [2.45, 2.75) is 38.1 Å². The molecule has 1 N–H and O–H groups in total. The quantitative estimate of drug-likeness (QED) is 0.885. The zero-order valence-corrected chi connectivity index (χ0v) is 13.1. The second-order valence-electron chi connectivity index (χ2n) is 5.66. The Bertz CT molecular complexity index is 716. The van der Waals surface area contributed by atoms with Gasteiger partial charge in [-0.05, 0) is 31.4 Å². The van der Waals surface area contributed by atoms with Gasteiger partial charge in [-0.25, -0.2) is 4.79 Å². The number of hydrogen-bond donors (Lipinski definition) is 1. The Labute approximate surface area is 138 Å². The van der Waals surface area contributed by atoms with Crippen LogP contribution in [-0.4, -0.2) is 49.6 Å². The number of aryl methyl sites for hydroxylation is 1. The van der Waals surface area contributed by atoms with E-state index in [0.717, 1.165) is 12.8 Å². The van der Waals surface area contributed by atoms with Gasteiger partial charge in [0.05, 0.1) is 0 Å². The summed E-state index contributed by atoms with van der Waals surface area (Å²) in [4.78, 5) is 33.4. The van der Waals surface area contributed by atoms with E-state index >= 15 is 0 Å². The molecule has 8 heteroatoms. The summed E-state index contributed by atoms with van der Waals surface area (Å²) in [7, 11) is 0.